The van der Waals surface area contributed by atoms with Crippen molar-refractivity contribution in [3.05, 3.63) is 0 Å². The van der Waals surface area contributed by atoms with E-state index in [-0.39, 0.29) is 0 Å². The van der Waals surface area contributed by atoms with Gasteiger partial charge in [0.15, 0.2) is 0 Å². The molecule has 0 spiro atoms. The van der Waals surface area contributed by atoms with Gasteiger partial charge in [-0.2, -0.15) is 0 Å². The van der Waals surface area contributed by atoms with Crippen LogP contribution in [-0.2, 0) is 0 Å². The maximum atomic E-state index is 3.79. The van der Waals surface area contributed by atoms with E-state index in [4.69, 9.17) is 0 Å². The molecule has 116 valence electrons. The summed E-state index contributed by atoms with van der Waals surface area (Å²) >= 11 is 0. The molecule has 1 saturated heterocycles. The molecule has 1 N–H and O–H groups in total. The SMILES string of the molecule is CC(C)CC1CN(CC2CC3CCC2C3)C(C)(C)CN1. The zero-order chi connectivity index (χ0) is 14.3. The molecule has 2 bridgehead atoms. The Labute approximate surface area is 125 Å². The maximum Gasteiger partial charge on any atom is 0.0278 e. The molecular formula is C18H34N2. The fourth-order valence-electron chi connectivity index (χ4n) is 5.02. The van der Waals surface area contributed by atoms with Gasteiger partial charge in [-0.25, -0.2) is 0 Å². The Morgan fingerprint density at radius 3 is 2.60 bits per heavy atom. The van der Waals surface area contributed by atoms with Gasteiger partial charge in [-0.1, -0.05) is 20.3 Å². The average Bonchev–Trinajstić information content (AvgIpc) is 2.95. The van der Waals surface area contributed by atoms with Crippen molar-refractivity contribution in [1.82, 2.24) is 10.2 Å². The highest BCUT2D eigenvalue weighted by molar-refractivity contribution is 4.97. The van der Waals surface area contributed by atoms with E-state index in [1.54, 1.807) is 6.42 Å². The third-order valence-electron chi connectivity index (χ3n) is 6.22. The van der Waals surface area contributed by atoms with E-state index in [0.717, 1.165) is 30.2 Å². The van der Waals surface area contributed by atoms with Crippen molar-refractivity contribution in [2.45, 2.75) is 71.4 Å². The molecule has 3 aliphatic rings. The van der Waals surface area contributed by atoms with E-state index in [9.17, 15) is 0 Å². The van der Waals surface area contributed by atoms with Gasteiger partial charge in [0.05, 0.1) is 0 Å². The Kier molecular flexibility index (Phi) is 4.16. The lowest BCUT2D eigenvalue weighted by molar-refractivity contribution is 0.0372. The molecular weight excluding hydrogens is 244 g/mol. The first-order valence-electron chi connectivity index (χ1n) is 8.92. The highest BCUT2D eigenvalue weighted by Crippen LogP contribution is 2.48. The zero-order valence-corrected chi connectivity index (χ0v) is 14.0. The van der Waals surface area contributed by atoms with Crippen LogP contribution in [0.2, 0.25) is 0 Å². The third kappa shape index (κ3) is 3.06. The largest absolute Gasteiger partial charge is 0.311 e. The number of hydrogen-bond acceptors (Lipinski definition) is 2. The average molecular weight is 278 g/mol. The van der Waals surface area contributed by atoms with Crippen molar-refractivity contribution in [3.63, 3.8) is 0 Å². The molecule has 4 unspecified atom stereocenters. The standard InChI is InChI=1S/C18H34N2/c1-13(2)7-17-11-20(18(3,4)12-19-17)10-16-9-14-5-6-15(16)8-14/h13-17,19H,5-12H2,1-4H3. The molecule has 2 saturated carbocycles. The molecule has 0 aromatic rings. The number of nitrogens with one attached hydrogen (secondary N) is 1. The first kappa shape index (κ1) is 14.8. The second-order valence-electron chi connectivity index (χ2n) is 8.86. The van der Waals surface area contributed by atoms with Gasteiger partial charge >= 0.3 is 0 Å². The van der Waals surface area contributed by atoms with E-state index >= 15 is 0 Å². The van der Waals surface area contributed by atoms with Gasteiger partial charge in [-0.05, 0) is 63.2 Å². The lowest BCUT2D eigenvalue weighted by atomic mass is 9.86. The molecule has 3 rings (SSSR count). The minimum Gasteiger partial charge on any atom is -0.311 e. The van der Waals surface area contributed by atoms with Gasteiger partial charge in [-0.3, -0.25) is 4.90 Å². The summed E-state index contributed by atoms with van der Waals surface area (Å²) in [4.78, 5) is 2.82. The molecule has 20 heavy (non-hydrogen) atoms. The molecule has 1 aliphatic heterocycles. The molecule has 1 heterocycles. The summed E-state index contributed by atoms with van der Waals surface area (Å²) in [6.07, 6.45) is 7.45. The van der Waals surface area contributed by atoms with Crippen LogP contribution in [0.5, 0.6) is 0 Å². The van der Waals surface area contributed by atoms with Crippen LogP contribution in [0.1, 0.15) is 59.8 Å². The van der Waals surface area contributed by atoms with Gasteiger partial charge in [0.1, 0.15) is 0 Å². The Hall–Kier alpha value is -0.0800. The summed E-state index contributed by atoms with van der Waals surface area (Å²) in [6, 6.07) is 0.710. The van der Waals surface area contributed by atoms with Crippen molar-refractivity contribution in [2.24, 2.45) is 23.7 Å². The van der Waals surface area contributed by atoms with Crippen molar-refractivity contribution < 1.29 is 0 Å². The monoisotopic (exact) mass is 278 g/mol. The molecule has 0 radical (unpaired) electrons. The van der Waals surface area contributed by atoms with Crippen molar-refractivity contribution >= 4 is 0 Å². The fraction of sp³-hybridized carbons (Fsp3) is 1.00. The Morgan fingerprint density at radius 2 is 2.00 bits per heavy atom. The van der Waals surface area contributed by atoms with Crippen LogP contribution in [-0.4, -0.2) is 36.1 Å². The van der Waals surface area contributed by atoms with E-state index in [1.807, 2.05) is 0 Å². The lowest BCUT2D eigenvalue weighted by Crippen LogP contribution is -2.63. The minimum atomic E-state index is 0.343. The second-order valence-corrected chi connectivity index (χ2v) is 8.86. The molecule has 2 nitrogen and oxygen atoms in total. The maximum absolute atomic E-state index is 3.79. The smallest absolute Gasteiger partial charge is 0.0278 e. The lowest BCUT2D eigenvalue weighted by Gasteiger charge is -2.48. The molecule has 3 fully saturated rings. The number of fused-ring (bicyclic) bond motifs is 2. The highest BCUT2D eigenvalue weighted by Gasteiger charge is 2.42. The molecule has 2 aliphatic carbocycles. The summed E-state index contributed by atoms with van der Waals surface area (Å²) < 4.78 is 0. The summed E-state index contributed by atoms with van der Waals surface area (Å²) in [7, 11) is 0. The predicted octanol–water partition coefficient (Wildman–Crippen LogP) is 3.52. The van der Waals surface area contributed by atoms with Gasteiger partial charge in [0.2, 0.25) is 0 Å². The summed E-state index contributed by atoms with van der Waals surface area (Å²) in [5.74, 6) is 3.96. The van der Waals surface area contributed by atoms with Crippen molar-refractivity contribution in [3.8, 4) is 0 Å². The van der Waals surface area contributed by atoms with E-state index < -0.39 is 0 Å². The normalized spacial score (nSPS) is 40.6. The quantitative estimate of drug-likeness (QED) is 0.846. The fourth-order valence-corrected chi connectivity index (χ4v) is 5.02. The topological polar surface area (TPSA) is 15.3 Å². The van der Waals surface area contributed by atoms with Crippen molar-refractivity contribution in [2.75, 3.05) is 19.6 Å². The molecule has 0 aromatic heterocycles. The minimum absolute atomic E-state index is 0.343. The van der Waals surface area contributed by atoms with E-state index in [1.165, 1.54) is 38.8 Å². The first-order chi connectivity index (χ1) is 9.44. The first-order valence-corrected chi connectivity index (χ1v) is 8.92. The van der Waals surface area contributed by atoms with Crippen LogP contribution >= 0.6 is 0 Å². The summed E-state index contributed by atoms with van der Waals surface area (Å²) in [6.45, 7) is 13.3. The van der Waals surface area contributed by atoms with Gasteiger partial charge in [0.25, 0.3) is 0 Å². The number of nitrogens with zero attached hydrogens (tertiary/aromatic N) is 1. The Bertz CT molecular complexity index is 336. The van der Waals surface area contributed by atoms with Crippen LogP contribution in [0, 0.1) is 23.7 Å². The van der Waals surface area contributed by atoms with Crippen LogP contribution in [0.25, 0.3) is 0 Å². The Balaban J connectivity index is 1.60. The molecule has 2 heteroatoms. The Morgan fingerprint density at radius 1 is 1.20 bits per heavy atom. The van der Waals surface area contributed by atoms with Gasteiger partial charge in [0, 0.05) is 31.2 Å². The third-order valence-corrected chi connectivity index (χ3v) is 6.22. The van der Waals surface area contributed by atoms with E-state index in [0.29, 0.717) is 11.6 Å². The predicted molar refractivity (Wildman–Crippen MR) is 85.8 cm³/mol. The van der Waals surface area contributed by atoms with Gasteiger partial charge in [-0.15, -0.1) is 0 Å². The van der Waals surface area contributed by atoms with Crippen LogP contribution < -0.4 is 5.32 Å². The number of piperazine rings is 1. The molecule has 0 amide bonds. The summed E-state index contributed by atoms with van der Waals surface area (Å²) in [5.41, 5.74) is 0.343. The number of hydrogen-bond donors (Lipinski definition) is 1. The highest BCUT2D eigenvalue weighted by atomic mass is 15.3. The van der Waals surface area contributed by atoms with Gasteiger partial charge < -0.3 is 5.32 Å². The number of rotatable bonds is 4. The summed E-state index contributed by atoms with van der Waals surface area (Å²) in [5, 5.41) is 3.79. The second kappa shape index (κ2) is 5.61. The van der Waals surface area contributed by atoms with Crippen LogP contribution in [0.15, 0.2) is 0 Å². The zero-order valence-electron chi connectivity index (χ0n) is 14.0. The van der Waals surface area contributed by atoms with Crippen molar-refractivity contribution in [1.29, 1.82) is 0 Å². The van der Waals surface area contributed by atoms with Crippen LogP contribution in [0.3, 0.4) is 0 Å². The molecule has 4 atom stereocenters. The van der Waals surface area contributed by atoms with Crippen LogP contribution in [0.4, 0.5) is 0 Å². The van der Waals surface area contributed by atoms with E-state index in [2.05, 4.69) is 37.9 Å². The molecule has 0 aromatic carbocycles.